The summed E-state index contributed by atoms with van der Waals surface area (Å²) >= 11 is 1.13. The van der Waals surface area contributed by atoms with Gasteiger partial charge in [-0.1, -0.05) is 12.1 Å². The van der Waals surface area contributed by atoms with Crippen LogP contribution in [0.25, 0.3) is 10.6 Å². The zero-order chi connectivity index (χ0) is 22.9. The number of thiazole rings is 1. The maximum atomic E-state index is 12.7. The number of aryl methyl sites for hydroxylation is 3. The topological polar surface area (TPSA) is 81.8 Å². The van der Waals surface area contributed by atoms with E-state index >= 15 is 0 Å². The molecule has 0 radical (unpaired) electrons. The Hall–Kier alpha value is -2.95. The maximum absolute atomic E-state index is 12.7. The minimum absolute atomic E-state index is 0.106. The van der Waals surface area contributed by atoms with Crippen molar-refractivity contribution in [2.24, 2.45) is 0 Å². The van der Waals surface area contributed by atoms with Crippen molar-refractivity contribution in [1.82, 2.24) is 24.6 Å². The molecule has 0 aliphatic carbocycles. The fourth-order valence-electron chi connectivity index (χ4n) is 3.64. The van der Waals surface area contributed by atoms with E-state index in [0.29, 0.717) is 47.2 Å². The predicted molar refractivity (Wildman–Crippen MR) is 114 cm³/mol. The fraction of sp³-hybridized carbons (Fsp3) is 0.429. The number of benzene rings is 1. The highest BCUT2D eigenvalue weighted by Crippen LogP contribution is 2.33. The Bertz CT molecular complexity index is 1180. The Balaban J connectivity index is 1.35. The van der Waals surface area contributed by atoms with Crippen molar-refractivity contribution in [3.05, 3.63) is 56.7 Å². The number of alkyl halides is 3. The van der Waals surface area contributed by atoms with Gasteiger partial charge >= 0.3 is 11.9 Å². The first-order chi connectivity index (χ1) is 15.2. The summed E-state index contributed by atoms with van der Waals surface area (Å²) in [5.74, 6) is 0.524. The zero-order valence-corrected chi connectivity index (χ0v) is 18.2. The van der Waals surface area contributed by atoms with E-state index in [1.807, 2.05) is 0 Å². The van der Waals surface area contributed by atoms with Crippen molar-refractivity contribution in [3.8, 4) is 10.6 Å². The second kappa shape index (κ2) is 8.89. The SMILES string of the molecule is Cc1nc(-c2ccc(C(F)(F)F)cc2)sc1C(=O)NCCCn1nc2n(c1=O)CCCC2. The first kappa shape index (κ1) is 22.3. The molecule has 0 saturated heterocycles. The van der Waals surface area contributed by atoms with Gasteiger partial charge in [0.2, 0.25) is 0 Å². The molecule has 7 nitrogen and oxygen atoms in total. The third-order valence-corrected chi connectivity index (χ3v) is 6.53. The molecule has 2 aromatic heterocycles. The lowest BCUT2D eigenvalue weighted by atomic mass is 10.1. The van der Waals surface area contributed by atoms with Crippen molar-refractivity contribution in [1.29, 1.82) is 0 Å². The number of hydrogen-bond donors (Lipinski definition) is 1. The van der Waals surface area contributed by atoms with E-state index in [1.54, 1.807) is 11.5 Å². The highest BCUT2D eigenvalue weighted by atomic mass is 32.1. The molecule has 3 heterocycles. The second-order valence-electron chi connectivity index (χ2n) is 7.65. The van der Waals surface area contributed by atoms with Gasteiger partial charge in [0.05, 0.1) is 11.3 Å². The van der Waals surface area contributed by atoms with E-state index in [2.05, 4.69) is 15.4 Å². The first-order valence-corrected chi connectivity index (χ1v) is 11.2. The van der Waals surface area contributed by atoms with E-state index in [-0.39, 0.29) is 11.6 Å². The molecular formula is C21H22F3N5O2S. The Morgan fingerprint density at radius 1 is 1.22 bits per heavy atom. The van der Waals surface area contributed by atoms with Crippen LogP contribution in [-0.2, 0) is 25.7 Å². The van der Waals surface area contributed by atoms with Crippen LogP contribution in [0.15, 0.2) is 29.1 Å². The molecule has 0 saturated carbocycles. The van der Waals surface area contributed by atoms with E-state index in [4.69, 9.17) is 0 Å². The number of nitrogens with zero attached hydrogens (tertiary/aromatic N) is 4. The molecule has 1 amide bonds. The Morgan fingerprint density at radius 3 is 2.66 bits per heavy atom. The molecule has 0 atom stereocenters. The van der Waals surface area contributed by atoms with Crippen LogP contribution in [0.5, 0.6) is 0 Å². The van der Waals surface area contributed by atoms with E-state index < -0.39 is 11.7 Å². The highest BCUT2D eigenvalue weighted by molar-refractivity contribution is 7.17. The quantitative estimate of drug-likeness (QED) is 0.564. The van der Waals surface area contributed by atoms with Crippen LogP contribution in [0.4, 0.5) is 13.2 Å². The molecule has 4 rings (SSSR count). The second-order valence-corrected chi connectivity index (χ2v) is 8.65. The van der Waals surface area contributed by atoms with Gasteiger partial charge in [0.15, 0.2) is 0 Å². The van der Waals surface area contributed by atoms with Crippen molar-refractivity contribution in [2.75, 3.05) is 6.54 Å². The number of carbonyl (C=O) groups is 1. The number of hydrogen-bond acceptors (Lipinski definition) is 5. The van der Waals surface area contributed by atoms with Crippen LogP contribution in [-0.4, -0.2) is 31.8 Å². The molecule has 0 bridgehead atoms. The summed E-state index contributed by atoms with van der Waals surface area (Å²) in [6.45, 7) is 3.17. The maximum Gasteiger partial charge on any atom is 0.416 e. The van der Waals surface area contributed by atoms with Crippen molar-refractivity contribution < 1.29 is 18.0 Å². The van der Waals surface area contributed by atoms with Gasteiger partial charge < -0.3 is 5.32 Å². The van der Waals surface area contributed by atoms with Crippen molar-refractivity contribution in [2.45, 2.75) is 51.9 Å². The predicted octanol–water partition coefficient (Wildman–Crippen LogP) is 3.65. The zero-order valence-electron chi connectivity index (χ0n) is 17.4. The normalized spacial score (nSPS) is 13.8. The van der Waals surface area contributed by atoms with Gasteiger partial charge in [-0.2, -0.15) is 18.3 Å². The number of carbonyl (C=O) groups excluding carboxylic acids is 1. The molecule has 0 unspecified atom stereocenters. The number of fused-ring (bicyclic) bond motifs is 1. The Morgan fingerprint density at radius 2 is 1.97 bits per heavy atom. The molecule has 1 N–H and O–H groups in total. The smallest absolute Gasteiger partial charge is 0.351 e. The minimum Gasteiger partial charge on any atom is -0.351 e. The van der Waals surface area contributed by atoms with Gasteiger partial charge in [0, 0.05) is 31.6 Å². The summed E-state index contributed by atoms with van der Waals surface area (Å²) in [6.07, 6.45) is -1.02. The van der Waals surface area contributed by atoms with Gasteiger partial charge in [-0.3, -0.25) is 9.36 Å². The van der Waals surface area contributed by atoms with Crippen LogP contribution in [0.1, 0.15) is 46.0 Å². The van der Waals surface area contributed by atoms with Crippen LogP contribution in [0.2, 0.25) is 0 Å². The number of aromatic nitrogens is 4. The average Bonchev–Trinajstić information content (AvgIpc) is 3.31. The number of nitrogens with one attached hydrogen (secondary N) is 1. The molecular weight excluding hydrogens is 443 g/mol. The van der Waals surface area contributed by atoms with E-state index in [0.717, 1.165) is 48.6 Å². The lowest BCUT2D eigenvalue weighted by Crippen LogP contribution is -2.29. The molecule has 170 valence electrons. The monoisotopic (exact) mass is 465 g/mol. The minimum atomic E-state index is -4.40. The van der Waals surface area contributed by atoms with E-state index in [1.165, 1.54) is 16.8 Å². The number of rotatable bonds is 6. The van der Waals surface area contributed by atoms with E-state index in [9.17, 15) is 22.8 Å². The largest absolute Gasteiger partial charge is 0.416 e. The molecule has 1 aliphatic rings. The van der Waals surface area contributed by atoms with Crippen molar-refractivity contribution in [3.63, 3.8) is 0 Å². The summed E-state index contributed by atoms with van der Waals surface area (Å²) in [7, 11) is 0. The lowest BCUT2D eigenvalue weighted by Gasteiger charge is -2.09. The van der Waals surface area contributed by atoms with Crippen LogP contribution < -0.4 is 11.0 Å². The molecule has 3 aromatic rings. The molecule has 0 spiro atoms. The summed E-state index contributed by atoms with van der Waals surface area (Å²) in [5, 5.41) is 7.67. The van der Waals surface area contributed by atoms with Crippen LogP contribution in [0.3, 0.4) is 0 Å². The standard InChI is InChI=1S/C21H22F3N5O2S/c1-13-17(32-19(26-13)14-6-8-15(9-7-14)21(22,23)24)18(30)25-10-4-12-29-20(31)28-11-3-2-5-16(28)27-29/h6-9H,2-5,10-12H2,1H3,(H,25,30). The number of amides is 1. The van der Waals surface area contributed by atoms with Crippen LogP contribution in [0, 0.1) is 6.92 Å². The van der Waals surface area contributed by atoms with Gasteiger partial charge in [0.25, 0.3) is 5.91 Å². The van der Waals surface area contributed by atoms with Crippen LogP contribution >= 0.6 is 11.3 Å². The lowest BCUT2D eigenvalue weighted by molar-refractivity contribution is -0.137. The highest BCUT2D eigenvalue weighted by Gasteiger charge is 2.30. The molecule has 32 heavy (non-hydrogen) atoms. The summed E-state index contributed by atoms with van der Waals surface area (Å²) in [4.78, 5) is 29.6. The van der Waals surface area contributed by atoms with Gasteiger partial charge in [-0.15, -0.1) is 11.3 Å². The summed E-state index contributed by atoms with van der Waals surface area (Å²) in [5.41, 5.74) is 0.198. The third-order valence-electron chi connectivity index (χ3n) is 5.33. The fourth-order valence-corrected chi connectivity index (χ4v) is 4.63. The molecule has 1 aromatic carbocycles. The van der Waals surface area contributed by atoms with Gasteiger partial charge in [0.1, 0.15) is 15.7 Å². The van der Waals surface area contributed by atoms with Gasteiger partial charge in [-0.05, 0) is 38.3 Å². The Labute approximate surface area is 185 Å². The first-order valence-electron chi connectivity index (χ1n) is 10.3. The third kappa shape index (κ3) is 4.62. The average molecular weight is 466 g/mol. The van der Waals surface area contributed by atoms with Crippen molar-refractivity contribution >= 4 is 17.2 Å². The molecule has 1 aliphatic heterocycles. The van der Waals surface area contributed by atoms with Gasteiger partial charge in [-0.25, -0.2) is 14.5 Å². The summed E-state index contributed by atoms with van der Waals surface area (Å²) < 4.78 is 41.4. The number of halogens is 3. The molecule has 0 fully saturated rings. The summed E-state index contributed by atoms with van der Waals surface area (Å²) in [6, 6.07) is 4.71. The Kier molecular flexibility index (Phi) is 6.18. The molecule has 11 heteroatoms.